The van der Waals surface area contributed by atoms with Crippen molar-refractivity contribution in [3.8, 4) is 0 Å². The van der Waals surface area contributed by atoms with E-state index in [0.717, 1.165) is 12.1 Å². The van der Waals surface area contributed by atoms with Gasteiger partial charge in [-0.1, -0.05) is 28.9 Å². The molecule has 1 atom stereocenters. The molecule has 0 aliphatic heterocycles. The minimum atomic E-state index is -4.42. The topological polar surface area (TPSA) is 63.8 Å². The predicted molar refractivity (Wildman–Crippen MR) is 107 cm³/mol. The van der Waals surface area contributed by atoms with E-state index in [4.69, 9.17) is 16.4 Å². The molecule has 0 fully saturated rings. The van der Waals surface area contributed by atoms with Gasteiger partial charge in [0.15, 0.2) is 5.43 Å². The van der Waals surface area contributed by atoms with Crippen molar-refractivity contribution in [2.24, 2.45) is 5.16 Å². The number of pyridine rings is 1. The van der Waals surface area contributed by atoms with E-state index < -0.39 is 11.7 Å². The highest BCUT2D eigenvalue weighted by Gasteiger charge is 2.33. The fourth-order valence-electron chi connectivity index (χ4n) is 3.98. The van der Waals surface area contributed by atoms with Crippen LogP contribution in [0.5, 0.6) is 0 Å². The van der Waals surface area contributed by atoms with Gasteiger partial charge in [-0.2, -0.15) is 17.9 Å². The fourth-order valence-corrected chi connectivity index (χ4v) is 4.15. The van der Waals surface area contributed by atoms with Crippen LogP contribution in [0, 0.1) is 0 Å². The van der Waals surface area contributed by atoms with Crippen LogP contribution in [-0.4, -0.2) is 22.8 Å². The molecule has 0 radical (unpaired) electrons. The molecule has 0 spiro atoms. The van der Waals surface area contributed by atoms with E-state index in [1.54, 1.807) is 12.1 Å². The third-order valence-corrected chi connectivity index (χ3v) is 5.60. The van der Waals surface area contributed by atoms with Gasteiger partial charge in [0.05, 0.1) is 33.4 Å². The van der Waals surface area contributed by atoms with E-state index >= 15 is 0 Å². The molecule has 9 heteroatoms. The molecule has 156 valence electrons. The van der Waals surface area contributed by atoms with Crippen LogP contribution in [0.25, 0.3) is 10.9 Å². The molecule has 3 aromatic rings. The largest absolute Gasteiger partial charge is 0.417 e. The summed E-state index contributed by atoms with van der Waals surface area (Å²) in [7, 11) is 1.44. The molecule has 1 aliphatic carbocycles. The Bertz CT molecular complexity index is 1220. The van der Waals surface area contributed by atoms with Crippen molar-refractivity contribution in [1.29, 1.82) is 0 Å². The number of alkyl halides is 3. The third-order valence-electron chi connectivity index (χ3n) is 5.36. The van der Waals surface area contributed by atoms with Crippen molar-refractivity contribution in [3.63, 3.8) is 0 Å². The molecular weight excluding hydrogens is 421 g/mol. The second-order valence-corrected chi connectivity index (χ2v) is 7.50. The van der Waals surface area contributed by atoms with Crippen LogP contribution in [0.3, 0.4) is 0 Å². The van der Waals surface area contributed by atoms with Crippen LogP contribution in [0.15, 0.2) is 52.4 Å². The summed E-state index contributed by atoms with van der Waals surface area (Å²) in [4.78, 5) is 18.6. The molecule has 0 amide bonds. The summed E-state index contributed by atoms with van der Waals surface area (Å²) < 4.78 is 40.1. The molecule has 0 bridgehead atoms. The van der Waals surface area contributed by atoms with E-state index in [1.807, 2.05) is 0 Å². The normalized spacial score (nSPS) is 17.9. The van der Waals surface area contributed by atoms with Gasteiger partial charge in [0, 0.05) is 11.4 Å². The molecular formula is C21H16ClF3N2O3. The number of aromatic nitrogens is 1. The first-order valence-electron chi connectivity index (χ1n) is 9.04. The zero-order valence-corrected chi connectivity index (χ0v) is 16.5. The molecule has 2 aromatic carbocycles. The van der Waals surface area contributed by atoms with Crippen LogP contribution in [0.1, 0.15) is 34.7 Å². The van der Waals surface area contributed by atoms with Gasteiger partial charge >= 0.3 is 6.18 Å². The van der Waals surface area contributed by atoms with Gasteiger partial charge in [0.25, 0.3) is 0 Å². The second kappa shape index (κ2) is 7.36. The lowest BCUT2D eigenvalue weighted by molar-refractivity contribution is -0.137. The van der Waals surface area contributed by atoms with Crippen molar-refractivity contribution in [3.05, 3.63) is 80.1 Å². The van der Waals surface area contributed by atoms with Gasteiger partial charge in [0.2, 0.25) is 0 Å². The lowest BCUT2D eigenvalue weighted by Gasteiger charge is -2.28. The van der Waals surface area contributed by atoms with Crippen molar-refractivity contribution in [2.75, 3.05) is 7.11 Å². The fraction of sp³-hybridized carbons (Fsp3) is 0.238. The Hall–Kier alpha value is -3.00. The molecule has 1 aliphatic rings. The molecule has 5 nitrogen and oxygen atoms in total. The number of hydrogen-bond acceptors (Lipinski definition) is 4. The first-order valence-corrected chi connectivity index (χ1v) is 9.42. The summed E-state index contributed by atoms with van der Waals surface area (Å²) in [6, 6.07) is 9.65. The average molecular weight is 437 g/mol. The van der Waals surface area contributed by atoms with E-state index in [9.17, 15) is 23.2 Å². The molecule has 1 aromatic heterocycles. The summed E-state index contributed by atoms with van der Waals surface area (Å²) in [5.74, 6) is -0.295. The molecule has 1 unspecified atom stereocenters. The Morgan fingerprint density at radius 2 is 1.87 bits per heavy atom. The summed E-state index contributed by atoms with van der Waals surface area (Å²) in [6.45, 7) is 0. The Morgan fingerprint density at radius 1 is 1.17 bits per heavy atom. The van der Waals surface area contributed by atoms with Gasteiger partial charge in [-0.05, 0) is 48.2 Å². The highest BCUT2D eigenvalue weighted by molar-refractivity contribution is 6.31. The van der Waals surface area contributed by atoms with Gasteiger partial charge < -0.3 is 10.0 Å². The van der Waals surface area contributed by atoms with Gasteiger partial charge in [-0.3, -0.25) is 4.79 Å². The van der Waals surface area contributed by atoms with Gasteiger partial charge in [-0.25, -0.2) is 0 Å². The summed E-state index contributed by atoms with van der Waals surface area (Å²) in [5.41, 5.74) is 0.916. The molecule has 0 saturated heterocycles. The highest BCUT2D eigenvalue weighted by Crippen LogP contribution is 2.35. The SMILES string of the molecule is COn1c2c(c(=O)c3cc(Cl)ccc31)/C(=N/O)CC(c1ccc(C(F)(F)F)cc1)C2. The van der Waals surface area contributed by atoms with Gasteiger partial charge in [-0.15, -0.1) is 0 Å². The smallest absolute Gasteiger partial charge is 0.416 e. The molecule has 30 heavy (non-hydrogen) atoms. The van der Waals surface area contributed by atoms with Crippen molar-refractivity contribution >= 4 is 28.2 Å². The Kier molecular flexibility index (Phi) is 4.97. The number of nitrogens with zero attached hydrogens (tertiary/aromatic N) is 2. The molecule has 1 heterocycles. The maximum absolute atomic E-state index is 13.1. The number of benzene rings is 2. The first-order chi connectivity index (χ1) is 14.2. The lowest BCUT2D eigenvalue weighted by atomic mass is 9.80. The Morgan fingerprint density at radius 3 is 2.47 bits per heavy atom. The standard InChI is InChI=1S/C21H16ClF3N2O3/c1-30-27-17-7-6-14(22)10-15(17)20(28)19-16(26-29)8-12(9-18(19)27)11-2-4-13(5-3-11)21(23,24)25/h2-7,10,12,29H,8-9H2,1H3/b26-16+. The van der Waals surface area contributed by atoms with E-state index in [0.29, 0.717) is 33.6 Å². The number of hydrogen-bond donors (Lipinski definition) is 1. The summed E-state index contributed by atoms with van der Waals surface area (Å²) in [6.07, 6.45) is -3.91. The first kappa shape index (κ1) is 20.3. The predicted octanol–water partition coefficient (Wildman–Crippen LogP) is 4.64. The van der Waals surface area contributed by atoms with Crippen molar-refractivity contribution in [1.82, 2.24) is 4.73 Å². The van der Waals surface area contributed by atoms with Crippen LogP contribution >= 0.6 is 11.6 Å². The lowest BCUT2D eigenvalue weighted by Crippen LogP contribution is -2.32. The number of fused-ring (bicyclic) bond motifs is 2. The van der Waals surface area contributed by atoms with E-state index in [-0.39, 0.29) is 29.0 Å². The molecule has 4 rings (SSSR count). The van der Waals surface area contributed by atoms with Crippen molar-refractivity contribution < 1.29 is 23.2 Å². The minimum absolute atomic E-state index is 0.152. The van der Waals surface area contributed by atoms with Gasteiger partial charge in [0.1, 0.15) is 7.11 Å². The summed E-state index contributed by atoms with van der Waals surface area (Å²) in [5, 5.41) is 13.6. The van der Waals surface area contributed by atoms with Crippen LogP contribution in [0.4, 0.5) is 13.2 Å². The van der Waals surface area contributed by atoms with E-state index in [1.165, 1.54) is 30.0 Å². The minimum Gasteiger partial charge on any atom is -0.417 e. The average Bonchev–Trinajstić information content (AvgIpc) is 2.73. The zero-order chi connectivity index (χ0) is 21.6. The number of oxime groups is 1. The maximum Gasteiger partial charge on any atom is 0.416 e. The number of rotatable bonds is 2. The highest BCUT2D eigenvalue weighted by atomic mass is 35.5. The molecule has 1 N–H and O–H groups in total. The quantitative estimate of drug-likeness (QED) is 0.470. The van der Waals surface area contributed by atoms with Crippen LogP contribution in [0.2, 0.25) is 5.02 Å². The third kappa shape index (κ3) is 3.31. The Balaban J connectivity index is 1.87. The van der Waals surface area contributed by atoms with Crippen LogP contribution < -0.4 is 10.3 Å². The zero-order valence-electron chi connectivity index (χ0n) is 15.7. The molecule has 0 saturated carbocycles. The number of halogens is 4. The van der Waals surface area contributed by atoms with Crippen LogP contribution in [-0.2, 0) is 12.6 Å². The van der Waals surface area contributed by atoms with E-state index in [2.05, 4.69) is 5.16 Å². The van der Waals surface area contributed by atoms with Crippen molar-refractivity contribution in [2.45, 2.75) is 24.9 Å². The monoisotopic (exact) mass is 436 g/mol. The second-order valence-electron chi connectivity index (χ2n) is 7.06. The Labute approximate surface area is 173 Å². The maximum atomic E-state index is 13.1. The summed E-state index contributed by atoms with van der Waals surface area (Å²) >= 11 is 6.04.